The molecule has 1 aliphatic heterocycles. The fourth-order valence-electron chi connectivity index (χ4n) is 3.04. The lowest BCUT2D eigenvalue weighted by molar-refractivity contribution is 0.198. The second-order valence-corrected chi connectivity index (χ2v) is 5.01. The normalized spacial score (nSPS) is 38.0. The fourth-order valence-corrected chi connectivity index (χ4v) is 3.04. The van der Waals surface area contributed by atoms with Gasteiger partial charge in [0.25, 0.3) is 0 Å². The van der Waals surface area contributed by atoms with Crippen LogP contribution in [0.25, 0.3) is 0 Å². The molecule has 2 rings (SSSR count). The van der Waals surface area contributed by atoms with Crippen molar-refractivity contribution in [2.75, 3.05) is 13.6 Å². The Morgan fingerprint density at radius 3 is 2.33 bits per heavy atom. The van der Waals surface area contributed by atoms with Crippen molar-refractivity contribution in [1.82, 2.24) is 4.90 Å². The van der Waals surface area contributed by atoms with E-state index in [4.69, 9.17) is 0 Å². The summed E-state index contributed by atoms with van der Waals surface area (Å²) in [5, 5.41) is 0. The molecule has 0 spiro atoms. The fraction of sp³-hybridized carbons (Fsp3) is 1.00. The van der Waals surface area contributed by atoms with Crippen molar-refractivity contribution in [3.63, 3.8) is 0 Å². The summed E-state index contributed by atoms with van der Waals surface area (Å²) in [4.78, 5) is 2.58. The van der Waals surface area contributed by atoms with Crippen LogP contribution in [0.4, 0.5) is 0 Å². The standard InChI is InChI=1S/C11H21N/c1-8(2)11-10(9-4-5-9)6-7-12(11)3/h8-11H,4-7H2,1-3H3. The molecule has 0 aromatic carbocycles. The Labute approximate surface area is 76.1 Å². The zero-order valence-electron chi connectivity index (χ0n) is 8.59. The van der Waals surface area contributed by atoms with Crippen LogP contribution >= 0.6 is 0 Å². The molecule has 1 heterocycles. The Morgan fingerprint density at radius 1 is 1.17 bits per heavy atom. The molecule has 0 aromatic rings. The first kappa shape index (κ1) is 8.55. The highest BCUT2D eigenvalue weighted by Gasteiger charge is 2.42. The smallest absolute Gasteiger partial charge is 0.0147 e. The van der Waals surface area contributed by atoms with Gasteiger partial charge < -0.3 is 4.90 Å². The Balaban J connectivity index is 2.03. The first-order valence-electron chi connectivity index (χ1n) is 5.40. The molecule has 1 heteroatoms. The van der Waals surface area contributed by atoms with E-state index in [-0.39, 0.29) is 0 Å². The molecule has 2 aliphatic rings. The Kier molecular flexibility index (Phi) is 2.16. The number of nitrogens with zero attached hydrogens (tertiary/aromatic N) is 1. The molecule has 12 heavy (non-hydrogen) atoms. The summed E-state index contributed by atoms with van der Waals surface area (Å²) in [7, 11) is 2.30. The van der Waals surface area contributed by atoms with Gasteiger partial charge in [-0.3, -0.25) is 0 Å². The molecule has 2 fully saturated rings. The zero-order valence-corrected chi connectivity index (χ0v) is 8.59. The van der Waals surface area contributed by atoms with Crippen molar-refractivity contribution in [3.8, 4) is 0 Å². The molecule has 1 saturated heterocycles. The van der Waals surface area contributed by atoms with Crippen molar-refractivity contribution < 1.29 is 0 Å². The van der Waals surface area contributed by atoms with Crippen LogP contribution in [-0.4, -0.2) is 24.5 Å². The summed E-state index contributed by atoms with van der Waals surface area (Å²) >= 11 is 0. The maximum Gasteiger partial charge on any atom is 0.0147 e. The number of hydrogen-bond acceptors (Lipinski definition) is 1. The van der Waals surface area contributed by atoms with E-state index in [1.165, 1.54) is 25.8 Å². The number of likely N-dealkylation sites (tertiary alicyclic amines) is 1. The van der Waals surface area contributed by atoms with Crippen LogP contribution in [0.2, 0.25) is 0 Å². The van der Waals surface area contributed by atoms with Crippen molar-refractivity contribution in [2.24, 2.45) is 17.8 Å². The molecule has 2 unspecified atom stereocenters. The molecular formula is C11H21N. The Bertz CT molecular complexity index is 160. The maximum atomic E-state index is 2.58. The zero-order chi connectivity index (χ0) is 8.72. The van der Waals surface area contributed by atoms with Crippen molar-refractivity contribution in [3.05, 3.63) is 0 Å². The highest BCUT2D eigenvalue weighted by molar-refractivity contribution is 4.95. The van der Waals surface area contributed by atoms with Crippen LogP contribution in [0.1, 0.15) is 33.1 Å². The van der Waals surface area contributed by atoms with Gasteiger partial charge in [0.2, 0.25) is 0 Å². The Morgan fingerprint density at radius 2 is 1.83 bits per heavy atom. The van der Waals surface area contributed by atoms with Gasteiger partial charge in [0.05, 0.1) is 0 Å². The van der Waals surface area contributed by atoms with Crippen molar-refractivity contribution in [2.45, 2.75) is 39.2 Å². The lowest BCUT2D eigenvalue weighted by Crippen LogP contribution is -2.34. The van der Waals surface area contributed by atoms with E-state index in [1.54, 1.807) is 0 Å². The monoisotopic (exact) mass is 167 g/mol. The van der Waals surface area contributed by atoms with E-state index < -0.39 is 0 Å². The molecular weight excluding hydrogens is 146 g/mol. The van der Waals surface area contributed by atoms with Gasteiger partial charge in [-0.15, -0.1) is 0 Å². The van der Waals surface area contributed by atoms with Gasteiger partial charge in [0, 0.05) is 6.04 Å². The molecule has 0 bridgehead atoms. The highest BCUT2D eigenvalue weighted by atomic mass is 15.2. The average Bonchev–Trinajstić information content (AvgIpc) is 2.75. The minimum Gasteiger partial charge on any atom is -0.303 e. The molecule has 70 valence electrons. The summed E-state index contributed by atoms with van der Waals surface area (Å²) in [6.45, 7) is 6.09. The summed E-state index contributed by atoms with van der Waals surface area (Å²) in [6.07, 6.45) is 4.49. The van der Waals surface area contributed by atoms with Gasteiger partial charge in [-0.25, -0.2) is 0 Å². The molecule has 1 aliphatic carbocycles. The van der Waals surface area contributed by atoms with Crippen molar-refractivity contribution >= 4 is 0 Å². The van der Waals surface area contributed by atoms with Gasteiger partial charge >= 0.3 is 0 Å². The summed E-state index contributed by atoms with van der Waals surface area (Å²) in [6, 6.07) is 0.887. The minimum absolute atomic E-state index is 0.850. The summed E-state index contributed by atoms with van der Waals surface area (Å²) in [5.74, 6) is 2.99. The van der Waals surface area contributed by atoms with Crippen molar-refractivity contribution in [1.29, 1.82) is 0 Å². The molecule has 0 N–H and O–H groups in total. The van der Waals surface area contributed by atoms with Crippen LogP contribution < -0.4 is 0 Å². The predicted molar refractivity (Wildman–Crippen MR) is 52.1 cm³/mol. The summed E-state index contributed by atoms with van der Waals surface area (Å²) < 4.78 is 0. The van der Waals surface area contributed by atoms with Gasteiger partial charge in [-0.2, -0.15) is 0 Å². The third-order valence-corrected chi connectivity index (χ3v) is 3.67. The van der Waals surface area contributed by atoms with E-state index in [0.717, 1.165) is 23.8 Å². The highest BCUT2D eigenvalue weighted by Crippen LogP contribution is 2.45. The second-order valence-electron chi connectivity index (χ2n) is 5.01. The third kappa shape index (κ3) is 1.39. The van der Waals surface area contributed by atoms with E-state index >= 15 is 0 Å². The van der Waals surface area contributed by atoms with E-state index in [9.17, 15) is 0 Å². The van der Waals surface area contributed by atoms with E-state index in [2.05, 4.69) is 25.8 Å². The van der Waals surface area contributed by atoms with Crippen LogP contribution in [-0.2, 0) is 0 Å². The number of hydrogen-bond donors (Lipinski definition) is 0. The molecule has 1 saturated carbocycles. The summed E-state index contributed by atoms with van der Waals surface area (Å²) in [5.41, 5.74) is 0. The second kappa shape index (κ2) is 3.02. The lowest BCUT2D eigenvalue weighted by atomic mass is 9.88. The average molecular weight is 167 g/mol. The van der Waals surface area contributed by atoms with Crippen LogP contribution in [0.5, 0.6) is 0 Å². The Hall–Kier alpha value is -0.0400. The quantitative estimate of drug-likeness (QED) is 0.610. The molecule has 2 atom stereocenters. The molecule has 0 aromatic heterocycles. The first-order chi connectivity index (χ1) is 5.70. The molecule has 0 amide bonds. The molecule has 0 radical (unpaired) electrons. The number of rotatable bonds is 2. The minimum atomic E-state index is 0.850. The maximum absolute atomic E-state index is 2.58. The SMILES string of the molecule is CC(C)C1C(C2CC2)CCN1C. The van der Waals surface area contributed by atoms with E-state index in [1.807, 2.05) is 0 Å². The van der Waals surface area contributed by atoms with E-state index in [0.29, 0.717) is 0 Å². The van der Waals surface area contributed by atoms with Crippen LogP contribution in [0.15, 0.2) is 0 Å². The van der Waals surface area contributed by atoms with Crippen LogP contribution in [0, 0.1) is 17.8 Å². The van der Waals surface area contributed by atoms with Gasteiger partial charge in [0.15, 0.2) is 0 Å². The van der Waals surface area contributed by atoms with Gasteiger partial charge in [-0.1, -0.05) is 13.8 Å². The van der Waals surface area contributed by atoms with Crippen LogP contribution in [0.3, 0.4) is 0 Å². The predicted octanol–water partition coefficient (Wildman–Crippen LogP) is 2.37. The van der Waals surface area contributed by atoms with Gasteiger partial charge in [0.1, 0.15) is 0 Å². The van der Waals surface area contributed by atoms with Gasteiger partial charge in [-0.05, 0) is 50.6 Å². The third-order valence-electron chi connectivity index (χ3n) is 3.67. The lowest BCUT2D eigenvalue weighted by Gasteiger charge is -2.28. The first-order valence-corrected chi connectivity index (χ1v) is 5.40. The molecule has 1 nitrogen and oxygen atoms in total. The largest absolute Gasteiger partial charge is 0.303 e. The topological polar surface area (TPSA) is 3.24 Å².